The molecule has 5 heteroatoms. The van der Waals surface area contributed by atoms with E-state index < -0.39 is 10.0 Å². The fourth-order valence-electron chi connectivity index (χ4n) is 2.21. The van der Waals surface area contributed by atoms with E-state index in [1.807, 2.05) is 33.8 Å². The first-order chi connectivity index (χ1) is 9.83. The van der Waals surface area contributed by atoms with Crippen LogP contribution < -0.4 is 4.72 Å². The SMILES string of the molecule is Cc1cc(S(=O)(=O)NCc2cccnc2)c(C)c(C)c1C. The quantitative estimate of drug-likeness (QED) is 0.945. The molecule has 0 saturated heterocycles. The van der Waals surface area contributed by atoms with Crippen molar-refractivity contribution in [3.63, 3.8) is 0 Å². The number of benzene rings is 1. The van der Waals surface area contributed by atoms with E-state index in [9.17, 15) is 8.42 Å². The van der Waals surface area contributed by atoms with Crippen LogP contribution in [0.2, 0.25) is 0 Å². The highest BCUT2D eigenvalue weighted by Gasteiger charge is 2.19. The van der Waals surface area contributed by atoms with E-state index in [4.69, 9.17) is 0 Å². The zero-order valence-corrected chi connectivity index (χ0v) is 13.6. The van der Waals surface area contributed by atoms with Gasteiger partial charge in [0.1, 0.15) is 0 Å². The molecule has 1 N–H and O–H groups in total. The topological polar surface area (TPSA) is 59.1 Å². The van der Waals surface area contributed by atoms with Gasteiger partial charge in [0, 0.05) is 18.9 Å². The Morgan fingerprint density at radius 2 is 1.81 bits per heavy atom. The first-order valence-electron chi connectivity index (χ1n) is 6.79. The van der Waals surface area contributed by atoms with Crippen molar-refractivity contribution in [3.8, 4) is 0 Å². The van der Waals surface area contributed by atoms with Crippen LogP contribution >= 0.6 is 0 Å². The molecule has 0 spiro atoms. The summed E-state index contributed by atoms with van der Waals surface area (Å²) in [6.07, 6.45) is 3.32. The molecule has 0 aliphatic heterocycles. The highest BCUT2D eigenvalue weighted by molar-refractivity contribution is 7.89. The number of hydrogen-bond acceptors (Lipinski definition) is 3. The van der Waals surface area contributed by atoms with Crippen LogP contribution in [0.4, 0.5) is 0 Å². The van der Waals surface area contributed by atoms with Crippen molar-refractivity contribution < 1.29 is 8.42 Å². The maximum absolute atomic E-state index is 12.5. The van der Waals surface area contributed by atoms with E-state index in [1.165, 1.54) is 0 Å². The zero-order valence-electron chi connectivity index (χ0n) is 12.8. The van der Waals surface area contributed by atoms with Gasteiger partial charge in [-0.2, -0.15) is 0 Å². The van der Waals surface area contributed by atoms with Gasteiger partial charge in [0.05, 0.1) is 4.90 Å². The number of pyridine rings is 1. The minimum atomic E-state index is -3.53. The summed E-state index contributed by atoms with van der Waals surface area (Å²) < 4.78 is 27.7. The summed E-state index contributed by atoms with van der Waals surface area (Å²) in [5.74, 6) is 0. The van der Waals surface area contributed by atoms with Crippen LogP contribution in [-0.4, -0.2) is 13.4 Å². The number of rotatable bonds is 4. The Balaban J connectivity index is 2.32. The molecule has 0 aliphatic rings. The number of nitrogens with zero attached hydrogens (tertiary/aromatic N) is 1. The van der Waals surface area contributed by atoms with Crippen LogP contribution in [0.15, 0.2) is 35.5 Å². The molecule has 0 bridgehead atoms. The summed E-state index contributed by atoms with van der Waals surface area (Å²) >= 11 is 0. The van der Waals surface area contributed by atoms with Gasteiger partial charge in [0.25, 0.3) is 0 Å². The van der Waals surface area contributed by atoms with Crippen LogP contribution in [0.5, 0.6) is 0 Å². The molecule has 0 aliphatic carbocycles. The second-order valence-corrected chi connectivity index (χ2v) is 6.99. The molecule has 0 saturated carbocycles. The van der Waals surface area contributed by atoms with E-state index >= 15 is 0 Å². The standard InChI is InChI=1S/C16H20N2O2S/c1-11-8-16(14(4)13(3)12(11)2)21(19,20)18-10-15-6-5-7-17-9-15/h5-9,18H,10H2,1-4H3. The van der Waals surface area contributed by atoms with Crippen molar-refractivity contribution in [2.75, 3.05) is 0 Å². The molecular formula is C16H20N2O2S. The number of nitrogens with one attached hydrogen (secondary N) is 1. The van der Waals surface area contributed by atoms with Gasteiger partial charge in [-0.1, -0.05) is 6.07 Å². The van der Waals surface area contributed by atoms with E-state index in [-0.39, 0.29) is 6.54 Å². The molecule has 0 radical (unpaired) electrons. The fourth-order valence-corrected chi connectivity index (χ4v) is 3.61. The molecule has 4 nitrogen and oxygen atoms in total. The molecule has 0 amide bonds. The lowest BCUT2D eigenvalue weighted by atomic mass is 10.00. The molecule has 2 aromatic rings. The summed E-state index contributed by atoms with van der Waals surface area (Å²) in [7, 11) is -3.53. The summed E-state index contributed by atoms with van der Waals surface area (Å²) in [6, 6.07) is 5.37. The van der Waals surface area contributed by atoms with E-state index in [0.29, 0.717) is 4.90 Å². The molecule has 0 unspecified atom stereocenters. The molecule has 112 valence electrons. The Kier molecular flexibility index (Phi) is 4.44. The minimum Gasteiger partial charge on any atom is -0.264 e. The highest BCUT2D eigenvalue weighted by Crippen LogP contribution is 2.24. The summed E-state index contributed by atoms with van der Waals surface area (Å²) in [4.78, 5) is 4.33. The van der Waals surface area contributed by atoms with Gasteiger partial charge >= 0.3 is 0 Å². The molecule has 1 aromatic carbocycles. The number of aryl methyl sites for hydroxylation is 1. The molecular weight excluding hydrogens is 284 g/mol. The van der Waals surface area contributed by atoms with Crippen molar-refractivity contribution >= 4 is 10.0 Å². The molecule has 21 heavy (non-hydrogen) atoms. The van der Waals surface area contributed by atoms with Crippen LogP contribution in [0, 0.1) is 27.7 Å². The van der Waals surface area contributed by atoms with Crippen molar-refractivity contribution in [1.29, 1.82) is 0 Å². The number of sulfonamides is 1. The van der Waals surface area contributed by atoms with Crippen LogP contribution in [0.3, 0.4) is 0 Å². The predicted octanol–water partition coefficient (Wildman–Crippen LogP) is 2.79. The van der Waals surface area contributed by atoms with E-state index in [2.05, 4.69) is 9.71 Å². The molecule has 1 aromatic heterocycles. The van der Waals surface area contributed by atoms with Gasteiger partial charge in [-0.15, -0.1) is 0 Å². The van der Waals surface area contributed by atoms with Gasteiger partial charge in [0.15, 0.2) is 0 Å². The van der Waals surface area contributed by atoms with E-state index in [1.54, 1.807) is 24.5 Å². The summed E-state index contributed by atoms with van der Waals surface area (Å²) in [5.41, 5.74) is 4.78. The van der Waals surface area contributed by atoms with Crippen LogP contribution in [0.1, 0.15) is 27.8 Å². The molecule has 0 fully saturated rings. The average Bonchev–Trinajstić information content (AvgIpc) is 2.48. The molecule has 0 atom stereocenters. The van der Waals surface area contributed by atoms with Crippen molar-refractivity contribution in [2.24, 2.45) is 0 Å². The first-order valence-corrected chi connectivity index (χ1v) is 8.27. The van der Waals surface area contributed by atoms with E-state index in [0.717, 1.165) is 27.8 Å². The maximum atomic E-state index is 12.5. The third kappa shape index (κ3) is 3.31. The Morgan fingerprint density at radius 3 is 2.43 bits per heavy atom. The summed E-state index contributed by atoms with van der Waals surface area (Å²) in [5, 5.41) is 0. The Hall–Kier alpha value is -1.72. The van der Waals surface area contributed by atoms with Gasteiger partial charge in [-0.05, 0) is 67.6 Å². The molecule has 2 rings (SSSR count). The highest BCUT2D eigenvalue weighted by atomic mass is 32.2. The normalized spacial score (nSPS) is 11.6. The fraction of sp³-hybridized carbons (Fsp3) is 0.312. The van der Waals surface area contributed by atoms with Crippen LogP contribution in [0.25, 0.3) is 0 Å². The Bertz CT molecular complexity index is 754. The average molecular weight is 304 g/mol. The predicted molar refractivity (Wildman–Crippen MR) is 83.7 cm³/mol. The number of hydrogen-bond donors (Lipinski definition) is 1. The molecule has 1 heterocycles. The third-order valence-electron chi connectivity index (χ3n) is 3.91. The van der Waals surface area contributed by atoms with Gasteiger partial charge in [-0.3, -0.25) is 4.98 Å². The Labute approximate surface area is 126 Å². The lowest BCUT2D eigenvalue weighted by molar-refractivity contribution is 0.580. The first kappa shape index (κ1) is 15.7. The van der Waals surface area contributed by atoms with Crippen molar-refractivity contribution in [3.05, 3.63) is 58.4 Å². The van der Waals surface area contributed by atoms with Gasteiger partial charge in [0.2, 0.25) is 10.0 Å². The second kappa shape index (κ2) is 5.95. The van der Waals surface area contributed by atoms with Gasteiger partial charge in [-0.25, -0.2) is 13.1 Å². The third-order valence-corrected chi connectivity index (χ3v) is 5.44. The maximum Gasteiger partial charge on any atom is 0.241 e. The zero-order chi connectivity index (χ0) is 15.6. The van der Waals surface area contributed by atoms with Crippen molar-refractivity contribution in [1.82, 2.24) is 9.71 Å². The summed E-state index contributed by atoms with van der Waals surface area (Å²) in [6.45, 7) is 7.98. The number of aromatic nitrogens is 1. The monoisotopic (exact) mass is 304 g/mol. The smallest absolute Gasteiger partial charge is 0.241 e. The largest absolute Gasteiger partial charge is 0.264 e. The van der Waals surface area contributed by atoms with Crippen LogP contribution in [-0.2, 0) is 16.6 Å². The van der Waals surface area contributed by atoms with Gasteiger partial charge < -0.3 is 0 Å². The Morgan fingerprint density at radius 1 is 1.10 bits per heavy atom. The van der Waals surface area contributed by atoms with Crippen molar-refractivity contribution in [2.45, 2.75) is 39.1 Å². The lowest BCUT2D eigenvalue weighted by Crippen LogP contribution is -2.24. The second-order valence-electron chi connectivity index (χ2n) is 5.25. The lowest BCUT2D eigenvalue weighted by Gasteiger charge is -2.15. The minimum absolute atomic E-state index is 0.238.